The van der Waals surface area contributed by atoms with E-state index in [1.54, 1.807) is 0 Å². The van der Waals surface area contributed by atoms with Gasteiger partial charge >= 0.3 is 0 Å². The number of thiocarbonyl (C=S) groups is 1. The minimum atomic E-state index is 0.138. The van der Waals surface area contributed by atoms with Crippen molar-refractivity contribution in [1.82, 2.24) is 5.32 Å². The Balaban J connectivity index is 1.90. The number of rotatable bonds is 2. The van der Waals surface area contributed by atoms with Crippen molar-refractivity contribution in [1.29, 1.82) is 0 Å². The van der Waals surface area contributed by atoms with E-state index in [4.69, 9.17) is 18.0 Å². The van der Waals surface area contributed by atoms with Gasteiger partial charge in [-0.05, 0) is 43.5 Å². The van der Waals surface area contributed by atoms with Crippen molar-refractivity contribution in [2.24, 2.45) is 11.7 Å². The average molecular weight is 289 g/mol. The van der Waals surface area contributed by atoms with Crippen LogP contribution in [0.4, 0.5) is 5.69 Å². The Morgan fingerprint density at radius 2 is 2.30 bits per heavy atom. The largest absolute Gasteiger partial charge is 0.389 e. The lowest BCUT2D eigenvalue weighted by atomic mass is 9.90. The summed E-state index contributed by atoms with van der Waals surface area (Å²) >= 11 is 5.05. The summed E-state index contributed by atoms with van der Waals surface area (Å²) in [5.74, 6) is 0.343. The van der Waals surface area contributed by atoms with Gasteiger partial charge in [-0.2, -0.15) is 0 Å². The van der Waals surface area contributed by atoms with Gasteiger partial charge in [-0.25, -0.2) is 0 Å². The van der Waals surface area contributed by atoms with Crippen LogP contribution in [0.25, 0.3) is 0 Å². The monoisotopic (exact) mass is 289 g/mol. The molecule has 0 aliphatic carbocycles. The molecule has 0 radical (unpaired) electrons. The van der Waals surface area contributed by atoms with E-state index >= 15 is 0 Å². The summed E-state index contributed by atoms with van der Waals surface area (Å²) in [6.45, 7) is 3.78. The summed E-state index contributed by atoms with van der Waals surface area (Å²) in [7, 11) is 0. The highest BCUT2D eigenvalue weighted by molar-refractivity contribution is 7.80. The van der Waals surface area contributed by atoms with E-state index in [0.29, 0.717) is 4.99 Å². The molecule has 2 heterocycles. The maximum Gasteiger partial charge on any atom is 0.225 e. The van der Waals surface area contributed by atoms with Crippen LogP contribution < -0.4 is 16.0 Å². The highest BCUT2D eigenvalue weighted by Gasteiger charge is 2.40. The van der Waals surface area contributed by atoms with Gasteiger partial charge < -0.3 is 16.0 Å². The summed E-state index contributed by atoms with van der Waals surface area (Å²) in [4.78, 5) is 14.6. The molecule has 0 saturated carbocycles. The first-order valence-electron chi connectivity index (χ1n) is 7.03. The molecule has 0 spiro atoms. The zero-order chi connectivity index (χ0) is 14.3. The second kappa shape index (κ2) is 5.05. The number of carbonyl (C=O) groups is 1. The van der Waals surface area contributed by atoms with Gasteiger partial charge in [0, 0.05) is 24.3 Å². The first-order valence-corrected chi connectivity index (χ1v) is 7.43. The third kappa shape index (κ3) is 2.16. The number of hydrogen-bond donors (Lipinski definition) is 2. The molecule has 2 aliphatic heterocycles. The standard InChI is InChI=1S/C15H19N3OS/c1-9-7-10(4-5-11(9)14(16)20)18-6-2-3-12-13(18)8-17-15(12)19/h4-5,7,12-13H,2-3,6,8H2,1H3,(H2,16,20)(H,17,19). The van der Waals surface area contributed by atoms with Crippen molar-refractivity contribution in [2.75, 3.05) is 18.0 Å². The first-order chi connectivity index (χ1) is 9.58. The fourth-order valence-electron chi connectivity index (χ4n) is 3.38. The molecule has 4 nitrogen and oxygen atoms in total. The molecular weight excluding hydrogens is 270 g/mol. The third-order valence-electron chi connectivity index (χ3n) is 4.41. The van der Waals surface area contributed by atoms with Gasteiger partial charge in [-0.1, -0.05) is 12.2 Å². The molecule has 5 heteroatoms. The number of nitrogens with two attached hydrogens (primary N) is 1. The SMILES string of the molecule is Cc1cc(N2CCCC3C(=O)NCC32)ccc1C(N)=S. The molecule has 3 rings (SSSR count). The van der Waals surface area contributed by atoms with Crippen LogP contribution in [0.15, 0.2) is 18.2 Å². The van der Waals surface area contributed by atoms with Gasteiger partial charge in [0.2, 0.25) is 5.91 Å². The molecule has 1 aromatic rings. The quantitative estimate of drug-likeness (QED) is 0.807. The highest BCUT2D eigenvalue weighted by atomic mass is 32.1. The van der Waals surface area contributed by atoms with Crippen LogP contribution >= 0.6 is 12.2 Å². The molecule has 1 aromatic carbocycles. The fraction of sp³-hybridized carbons (Fsp3) is 0.467. The number of nitrogens with one attached hydrogen (secondary N) is 1. The minimum Gasteiger partial charge on any atom is -0.389 e. The highest BCUT2D eigenvalue weighted by Crippen LogP contribution is 2.32. The Morgan fingerprint density at radius 1 is 1.50 bits per heavy atom. The van der Waals surface area contributed by atoms with Crippen molar-refractivity contribution in [3.05, 3.63) is 29.3 Å². The van der Waals surface area contributed by atoms with Gasteiger partial charge in [-0.3, -0.25) is 4.79 Å². The molecule has 0 aromatic heterocycles. The number of piperidine rings is 1. The Hall–Kier alpha value is -1.62. The van der Waals surface area contributed by atoms with E-state index in [9.17, 15) is 4.79 Å². The van der Waals surface area contributed by atoms with E-state index in [-0.39, 0.29) is 17.9 Å². The van der Waals surface area contributed by atoms with Gasteiger partial charge in [0.15, 0.2) is 0 Å². The third-order valence-corrected chi connectivity index (χ3v) is 4.63. The van der Waals surface area contributed by atoms with E-state index in [1.807, 2.05) is 13.0 Å². The maximum atomic E-state index is 11.8. The lowest BCUT2D eigenvalue weighted by molar-refractivity contribution is -0.122. The van der Waals surface area contributed by atoms with Crippen LogP contribution in [-0.4, -0.2) is 30.0 Å². The van der Waals surface area contributed by atoms with E-state index in [2.05, 4.69) is 22.3 Å². The maximum absolute atomic E-state index is 11.8. The zero-order valence-electron chi connectivity index (χ0n) is 11.6. The molecule has 2 unspecified atom stereocenters. The Labute approximate surface area is 124 Å². The summed E-state index contributed by atoms with van der Waals surface area (Å²) in [6.07, 6.45) is 2.06. The number of hydrogen-bond acceptors (Lipinski definition) is 3. The number of anilines is 1. The van der Waals surface area contributed by atoms with E-state index in [0.717, 1.165) is 42.7 Å². The van der Waals surface area contributed by atoms with Gasteiger partial charge in [0.05, 0.1) is 12.0 Å². The molecule has 0 bridgehead atoms. The Kier molecular flexibility index (Phi) is 3.38. The van der Waals surface area contributed by atoms with Crippen LogP contribution in [0.5, 0.6) is 0 Å². The number of aryl methyl sites for hydroxylation is 1. The van der Waals surface area contributed by atoms with Crippen LogP contribution in [0.3, 0.4) is 0 Å². The van der Waals surface area contributed by atoms with E-state index in [1.165, 1.54) is 0 Å². The van der Waals surface area contributed by atoms with Crippen LogP contribution in [0, 0.1) is 12.8 Å². The Bertz CT molecular complexity index is 572. The molecular formula is C15H19N3OS. The lowest BCUT2D eigenvalue weighted by Crippen LogP contribution is -2.45. The van der Waals surface area contributed by atoms with Crippen molar-refractivity contribution in [2.45, 2.75) is 25.8 Å². The summed E-state index contributed by atoms with van der Waals surface area (Å²) < 4.78 is 0. The Morgan fingerprint density at radius 3 is 3.00 bits per heavy atom. The molecule has 1 amide bonds. The van der Waals surface area contributed by atoms with Gasteiger partial charge in [0.1, 0.15) is 4.99 Å². The number of fused-ring (bicyclic) bond motifs is 1. The number of nitrogens with zero attached hydrogens (tertiary/aromatic N) is 1. The fourth-order valence-corrected chi connectivity index (χ4v) is 3.60. The predicted octanol–water partition coefficient (Wildman–Crippen LogP) is 1.34. The second-order valence-electron chi connectivity index (χ2n) is 5.62. The molecule has 2 fully saturated rings. The van der Waals surface area contributed by atoms with Gasteiger partial charge in [0.25, 0.3) is 0 Å². The minimum absolute atomic E-state index is 0.138. The summed E-state index contributed by atoms with van der Waals surface area (Å²) in [5.41, 5.74) is 8.89. The topological polar surface area (TPSA) is 58.4 Å². The van der Waals surface area contributed by atoms with Crippen molar-refractivity contribution in [3.63, 3.8) is 0 Å². The van der Waals surface area contributed by atoms with Crippen LogP contribution in [0.1, 0.15) is 24.0 Å². The molecule has 3 N–H and O–H groups in total. The molecule has 2 atom stereocenters. The summed E-state index contributed by atoms with van der Waals surface area (Å²) in [6, 6.07) is 6.46. The number of benzene rings is 1. The summed E-state index contributed by atoms with van der Waals surface area (Å²) in [5, 5.41) is 2.98. The second-order valence-corrected chi connectivity index (χ2v) is 6.06. The van der Waals surface area contributed by atoms with Crippen LogP contribution in [-0.2, 0) is 4.79 Å². The van der Waals surface area contributed by atoms with Crippen molar-refractivity contribution in [3.8, 4) is 0 Å². The smallest absolute Gasteiger partial charge is 0.225 e. The van der Waals surface area contributed by atoms with Gasteiger partial charge in [-0.15, -0.1) is 0 Å². The molecule has 20 heavy (non-hydrogen) atoms. The van der Waals surface area contributed by atoms with Crippen molar-refractivity contribution < 1.29 is 4.79 Å². The normalized spacial score (nSPS) is 25.2. The van der Waals surface area contributed by atoms with E-state index < -0.39 is 0 Å². The average Bonchev–Trinajstić information content (AvgIpc) is 2.80. The molecule has 106 valence electrons. The lowest BCUT2D eigenvalue weighted by Gasteiger charge is -2.38. The predicted molar refractivity (Wildman–Crippen MR) is 83.9 cm³/mol. The molecule has 2 saturated heterocycles. The van der Waals surface area contributed by atoms with Crippen LogP contribution in [0.2, 0.25) is 0 Å². The zero-order valence-corrected chi connectivity index (χ0v) is 12.4. The number of amides is 1. The number of carbonyl (C=O) groups excluding carboxylic acids is 1. The van der Waals surface area contributed by atoms with Crippen molar-refractivity contribution >= 4 is 28.8 Å². The first kappa shape index (κ1) is 13.4. The molecule has 2 aliphatic rings.